The molecule has 2 N–H and O–H groups in total. The summed E-state index contributed by atoms with van der Waals surface area (Å²) in [6.45, 7) is 5.82. The Bertz CT molecular complexity index is 563. The van der Waals surface area contributed by atoms with E-state index in [1.807, 2.05) is 0 Å². The molecule has 3 rings (SSSR count). The number of hydrogen-bond donors (Lipinski definition) is 1. The van der Waals surface area contributed by atoms with E-state index >= 15 is 0 Å². The summed E-state index contributed by atoms with van der Waals surface area (Å²) in [5.41, 5.74) is 8.03. The van der Waals surface area contributed by atoms with Crippen LogP contribution in [0.3, 0.4) is 0 Å². The summed E-state index contributed by atoms with van der Waals surface area (Å²) in [7, 11) is 0. The van der Waals surface area contributed by atoms with Crippen LogP contribution in [0.15, 0.2) is 24.3 Å². The van der Waals surface area contributed by atoms with Gasteiger partial charge in [-0.15, -0.1) is 0 Å². The van der Waals surface area contributed by atoms with Gasteiger partial charge in [-0.2, -0.15) is 0 Å². The zero-order chi connectivity index (χ0) is 16.4. The Hall–Kier alpha value is -1.35. The molecule has 1 saturated heterocycles. The van der Waals surface area contributed by atoms with Gasteiger partial charge in [0.25, 0.3) is 0 Å². The molecule has 1 saturated carbocycles. The largest absolute Gasteiger partial charge is 0.339 e. The fourth-order valence-corrected chi connectivity index (χ4v) is 4.60. The molecule has 1 amide bonds. The maximum Gasteiger partial charge on any atom is 0.233 e. The smallest absolute Gasteiger partial charge is 0.233 e. The minimum Gasteiger partial charge on any atom is -0.339 e. The van der Waals surface area contributed by atoms with E-state index in [1.54, 1.807) is 0 Å². The summed E-state index contributed by atoms with van der Waals surface area (Å²) in [5, 5.41) is 0. The molecule has 1 heterocycles. The van der Waals surface area contributed by atoms with Crippen molar-refractivity contribution in [2.24, 2.45) is 11.7 Å². The minimum absolute atomic E-state index is 0.304. The molecule has 0 spiro atoms. The summed E-state index contributed by atoms with van der Waals surface area (Å²) in [4.78, 5) is 15.7. The van der Waals surface area contributed by atoms with Crippen molar-refractivity contribution in [2.75, 3.05) is 13.1 Å². The first-order valence-electron chi connectivity index (χ1n) is 9.15. The number of carbonyl (C=O) groups is 1. The number of aryl methyl sites for hydroxylation is 1. The van der Waals surface area contributed by atoms with Crippen LogP contribution in [-0.2, 0) is 10.2 Å². The standard InChI is InChI=1S/C20H30N2O/c1-15-7-6-8-18(11-15)20(9-4-3-5-10-20)19(23)22-14-17(13-21)12-16(22)2/h6-8,11,16-17H,3-5,9-10,12-14,21H2,1-2H3. The molecular weight excluding hydrogens is 284 g/mol. The number of nitrogens with two attached hydrogens (primary N) is 1. The Balaban J connectivity index is 1.94. The maximum absolute atomic E-state index is 13.6. The molecule has 1 aromatic rings. The van der Waals surface area contributed by atoms with Crippen molar-refractivity contribution in [1.82, 2.24) is 4.90 Å². The van der Waals surface area contributed by atoms with Crippen LogP contribution in [0, 0.1) is 12.8 Å². The Morgan fingerprint density at radius 3 is 2.65 bits per heavy atom. The van der Waals surface area contributed by atoms with Gasteiger partial charge < -0.3 is 10.6 Å². The summed E-state index contributed by atoms with van der Waals surface area (Å²) >= 11 is 0. The van der Waals surface area contributed by atoms with Gasteiger partial charge in [0.05, 0.1) is 5.41 Å². The predicted octanol–water partition coefficient (Wildman–Crippen LogP) is 3.39. The molecule has 126 valence electrons. The van der Waals surface area contributed by atoms with Crippen LogP contribution in [0.4, 0.5) is 0 Å². The predicted molar refractivity (Wildman–Crippen MR) is 94.3 cm³/mol. The van der Waals surface area contributed by atoms with Crippen LogP contribution < -0.4 is 5.73 Å². The molecule has 0 bridgehead atoms. The lowest BCUT2D eigenvalue weighted by Crippen LogP contribution is -2.49. The maximum atomic E-state index is 13.6. The third-order valence-corrected chi connectivity index (χ3v) is 5.94. The highest BCUT2D eigenvalue weighted by atomic mass is 16.2. The molecule has 2 unspecified atom stereocenters. The number of carbonyl (C=O) groups excluding carboxylic acids is 1. The lowest BCUT2D eigenvalue weighted by Gasteiger charge is -2.40. The third-order valence-electron chi connectivity index (χ3n) is 5.94. The topological polar surface area (TPSA) is 46.3 Å². The third kappa shape index (κ3) is 3.03. The molecule has 1 aliphatic heterocycles. The van der Waals surface area contributed by atoms with E-state index in [4.69, 9.17) is 5.73 Å². The Kier molecular flexibility index (Phi) is 4.77. The first-order valence-corrected chi connectivity index (χ1v) is 9.15. The highest BCUT2D eigenvalue weighted by Crippen LogP contribution is 2.42. The van der Waals surface area contributed by atoms with Crippen molar-refractivity contribution in [3.05, 3.63) is 35.4 Å². The Labute approximate surface area is 140 Å². The lowest BCUT2D eigenvalue weighted by molar-refractivity contribution is -0.139. The monoisotopic (exact) mass is 314 g/mol. The van der Waals surface area contributed by atoms with Crippen molar-refractivity contribution in [2.45, 2.75) is 63.8 Å². The molecule has 2 aliphatic rings. The Morgan fingerprint density at radius 2 is 2.04 bits per heavy atom. The van der Waals surface area contributed by atoms with Gasteiger partial charge in [-0.1, -0.05) is 49.1 Å². The van der Waals surface area contributed by atoms with Crippen molar-refractivity contribution in [3.63, 3.8) is 0 Å². The normalized spacial score (nSPS) is 27.2. The average Bonchev–Trinajstić information content (AvgIpc) is 2.95. The average molecular weight is 314 g/mol. The van der Waals surface area contributed by atoms with Crippen molar-refractivity contribution in [1.29, 1.82) is 0 Å². The van der Waals surface area contributed by atoms with Gasteiger partial charge in [0.2, 0.25) is 5.91 Å². The highest BCUT2D eigenvalue weighted by molar-refractivity contribution is 5.89. The molecule has 0 aromatic heterocycles. The second-order valence-electron chi connectivity index (χ2n) is 7.66. The second kappa shape index (κ2) is 6.64. The summed E-state index contributed by atoms with van der Waals surface area (Å²) in [5.74, 6) is 0.818. The minimum atomic E-state index is -0.304. The van der Waals surface area contributed by atoms with Crippen LogP contribution >= 0.6 is 0 Å². The molecule has 2 atom stereocenters. The fraction of sp³-hybridized carbons (Fsp3) is 0.650. The molecule has 3 nitrogen and oxygen atoms in total. The van der Waals surface area contributed by atoms with E-state index in [1.165, 1.54) is 17.5 Å². The van der Waals surface area contributed by atoms with Crippen LogP contribution in [0.25, 0.3) is 0 Å². The number of rotatable bonds is 3. The Morgan fingerprint density at radius 1 is 1.30 bits per heavy atom. The quantitative estimate of drug-likeness (QED) is 0.929. The van der Waals surface area contributed by atoms with Crippen molar-refractivity contribution >= 4 is 5.91 Å². The SMILES string of the molecule is Cc1cccc(C2(C(=O)N3CC(CN)CC3C)CCCCC2)c1. The van der Waals surface area contributed by atoms with Gasteiger partial charge in [0, 0.05) is 12.6 Å². The molecular formula is C20H30N2O. The molecule has 23 heavy (non-hydrogen) atoms. The van der Waals surface area contributed by atoms with Gasteiger partial charge >= 0.3 is 0 Å². The fourth-order valence-electron chi connectivity index (χ4n) is 4.60. The first kappa shape index (κ1) is 16.5. The van der Waals surface area contributed by atoms with E-state index in [-0.39, 0.29) is 5.41 Å². The van der Waals surface area contributed by atoms with Crippen molar-refractivity contribution in [3.8, 4) is 0 Å². The van der Waals surface area contributed by atoms with Crippen LogP contribution in [-0.4, -0.2) is 29.9 Å². The number of nitrogens with zero attached hydrogens (tertiary/aromatic N) is 1. The van der Waals surface area contributed by atoms with Crippen LogP contribution in [0.5, 0.6) is 0 Å². The van der Waals surface area contributed by atoms with Gasteiger partial charge in [-0.05, 0) is 51.1 Å². The van der Waals surface area contributed by atoms with E-state index < -0.39 is 0 Å². The number of likely N-dealkylation sites (tertiary alicyclic amines) is 1. The molecule has 2 fully saturated rings. The number of amides is 1. The lowest BCUT2D eigenvalue weighted by atomic mass is 9.68. The van der Waals surface area contributed by atoms with Crippen LogP contribution in [0.2, 0.25) is 0 Å². The van der Waals surface area contributed by atoms with Gasteiger partial charge in [0.1, 0.15) is 0 Å². The zero-order valence-corrected chi connectivity index (χ0v) is 14.6. The van der Waals surface area contributed by atoms with E-state index in [0.29, 0.717) is 24.4 Å². The van der Waals surface area contributed by atoms with Gasteiger partial charge in [0.15, 0.2) is 0 Å². The molecule has 1 aliphatic carbocycles. The number of benzene rings is 1. The van der Waals surface area contributed by atoms with E-state index in [2.05, 4.69) is 43.0 Å². The van der Waals surface area contributed by atoms with E-state index in [0.717, 1.165) is 38.6 Å². The van der Waals surface area contributed by atoms with E-state index in [9.17, 15) is 4.79 Å². The molecule has 0 radical (unpaired) electrons. The highest BCUT2D eigenvalue weighted by Gasteiger charge is 2.46. The summed E-state index contributed by atoms with van der Waals surface area (Å²) in [6.07, 6.45) is 6.59. The van der Waals surface area contributed by atoms with Crippen molar-refractivity contribution < 1.29 is 4.79 Å². The second-order valence-corrected chi connectivity index (χ2v) is 7.66. The van der Waals surface area contributed by atoms with Crippen LogP contribution in [0.1, 0.15) is 56.6 Å². The number of hydrogen-bond acceptors (Lipinski definition) is 2. The zero-order valence-electron chi connectivity index (χ0n) is 14.6. The molecule has 3 heteroatoms. The summed E-state index contributed by atoms with van der Waals surface area (Å²) < 4.78 is 0. The van der Waals surface area contributed by atoms with Gasteiger partial charge in [-0.25, -0.2) is 0 Å². The molecule has 1 aromatic carbocycles. The first-order chi connectivity index (χ1) is 11.1. The summed E-state index contributed by atoms with van der Waals surface area (Å²) in [6, 6.07) is 8.93. The van der Waals surface area contributed by atoms with Gasteiger partial charge in [-0.3, -0.25) is 4.79 Å².